The zero-order chi connectivity index (χ0) is 37.7. The molecule has 0 saturated heterocycles. The third-order valence-electron chi connectivity index (χ3n) is 8.09. The monoisotopic (exact) mass is 736 g/mol. The van der Waals surface area contributed by atoms with Crippen molar-refractivity contribution in [1.82, 2.24) is 9.88 Å². The second-order valence-corrected chi connectivity index (χ2v) is 15.1. The molecule has 1 aliphatic rings. The lowest BCUT2D eigenvalue weighted by atomic mass is 10.0. The van der Waals surface area contributed by atoms with Gasteiger partial charge in [-0.3, -0.25) is 14.3 Å². The Balaban J connectivity index is 1.25. The second kappa shape index (κ2) is 15.8. The number of H-pyrrole nitrogens is 1. The number of pyridine rings is 1. The molecule has 4 N–H and O–H groups in total. The SMILES string of the molecule is COc1cc(C(Nc2ccc3cc[nH]c(=O)c3c2)C(=O)O)ccc1[C@@H](F)COC(=O)Nc1ccc(S(=O)C2CC2)c(CN(C)C(=O)OC(C)(C)C)c1. The van der Waals surface area contributed by atoms with E-state index in [0.29, 0.717) is 26.9 Å². The van der Waals surface area contributed by atoms with E-state index in [-0.39, 0.29) is 39.9 Å². The molecule has 0 radical (unpaired) electrons. The molecular formula is C37H41FN4O9S. The molecule has 0 bridgehead atoms. The lowest BCUT2D eigenvalue weighted by Crippen LogP contribution is -2.34. The summed E-state index contributed by atoms with van der Waals surface area (Å²) in [7, 11) is 1.56. The highest BCUT2D eigenvalue weighted by atomic mass is 32.2. The van der Waals surface area contributed by atoms with Crippen molar-refractivity contribution in [3.8, 4) is 5.75 Å². The molecule has 1 saturated carbocycles. The Kier molecular flexibility index (Phi) is 11.5. The van der Waals surface area contributed by atoms with Crippen molar-refractivity contribution >= 4 is 51.1 Å². The molecule has 2 amide bonds. The lowest BCUT2D eigenvalue weighted by molar-refractivity contribution is -0.138. The Morgan fingerprint density at radius 3 is 2.46 bits per heavy atom. The molecule has 15 heteroatoms. The molecular weight excluding hydrogens is 695 g/mol. The summed E-state index contributed by atoms with van der Waals surface area (Å²) in [4.78, 5) is 54.4. The van der Waals surface area contributed by atoms with Crippen molar-refractivity contribution in [2.24, 2.45) is 0 Å². The summed E-state index contributed by atoms with van der Waals surface area (Å²) in [5, 5.41) is 16.6. The maximum absolute atomic E-state index is 15.5. The number of benzene rings is 3. The fourth-order valence-electron chi connectivity index (χ4n) is 5.38. The molecule has 3 aromatic carbocycles. The van der Waals surface area contributed by atoms with Crippen LogP contribution in [0.5, 0.6) is 5.75 Å². The third-order valence-corrected chi connectivity index (χ3v) is 9.99. The Bertz CT molecular complexity index is 2060. The van der Waals surface area contributed by atoms with Gasteiger partial charge in [0.2, 0.25) is 0 Å². The zero-order valence-electron chi connectivity index (χ0n) is 29.4. The highest BCUT2D eigenvalue weighted by Gasteiger charge is 2.31. The van der Waals surface area contributed by atoms with Crippen LogP contribution in [0.3, 0.4) is 0 Å². The van der Waals surface area contributed by atoms with Gasteiger partial charge in [0.15, 0.2) is 12.2 Å². The van der Waals surface area contributed by atoms with Crippen LogP contribution < -0.4 is 20.9 Å². The van der Waals surface area contributed by atoms with E-state index in [0.717, 1.165) is 12.8 Å². The van der Waals surface area contributed by atoms with Crippen molar-refractivity contribution in [3.05, 3.63) is 93.9 Å². The summed E-state index contributed by atoms with van der Waals surface area (Å²) in [5.74, 6) is -1.19. The number of hydrogen-bond donors (Lipinski definition) is 4. The number of amides is 2. The summed E-state index contributed by atoms with van der Waals surface area (Å²) in [5.41, 5.74) is 0.466. The fraction of sp³-hybridized carbons (Fsp3) is 0.351. The Labute approximate surface area is 301 Å². The summed E-state index contributed by atoms with van der Waals surface area (Å²) in [6, 6.07) is 14.3. The normalized spacial score (nSPS) is 14.5. The number of rotatable bonds is 13. The number of carboxylic acids is 1. The van der Waals surface area contributed by atoms with Crippen molar-refractivity contribution < 1.29 is 42.3 Å². The Morgan fingerprint density at radius 1 is 1.06 bits per heavy atom. The van der Waals surface area contributed by atoms with E-state index < -0.39 is 53.4 Å². The first-order valence-corrected chi connectivity index (χ1v) is 17.7. The molecule has 1 fully saturated rings. The number of hydrogen-bond acceptors (Lipinski definition) is 9. The molecule has 2 unspecified atom stereocenters. The predicted molar refractivity (Wildman–Crippen MR) is 194 cm³/mol. The molecule has 3 atom stereocenters. The maximum atomic E-state index is 15.5. The Morgan fingerprint density at radius 2 is 1.79 bits per heavy atom. The molecule has 4 aromatic rings. The van der Waals surface area contributed by atoms with Gasteiger partial charge < -0.3 is 34.5 Å². The van der Waals surface area contributed by atoms with Crippen LogP contribution in [0.2, 0.25) is 0 Å². The number of alkyl halides is 1. The number of aromatic amines is 1. The Hall–Kier alpha value is -5.44. The van der Waals surface area contributed by atoms with Gasteiger partial charge in [0.1, 0.15) is 18.0 Å². The van der Waals surface area contributed by atoms with E-state index in [1.807, 2.05) is 0 Å². The number of nitrogens with zero attached hydrogens (tertiary/aromatic N) is 1. The molecule has 52 heavy (non-hydrogen) atoms. The highest BCUT2D eigenvalue weighted by Crippen LogP contribution is 2.34. The van der Waals surface area contributed by atoms with E-state index in [1.165, 1.54) is 36.4 Å². The van der Waals surface area contributed by atoms with Gasteiger partial charge in [0.25, 0.3) is 5.56 Å². The molecule has 276 valence electrons. The van der Waals surface area contributed by atoms with E-state index in [9.17, 15) is 28.5 Å². The molecule has 13 nitrogen and oxygen atoms in total. The topological polar surface area (TPSA) is 176 Å². The van der Waals surface area contributed by atoms with Crippen molar-refractivity contribution in [2.75, 3.05) is 31.4 Å². The number of ether oxygens (including phenoxy) is 3. The van der Waals surface area contributed by atoms with Gasteiger partial charge >= 0.3 is 18.2 Å². The van der Waals surface area contributed by atoms with Gasteiger partial charge in [0, 0.05) is 52.3 Å². The minimum absolute atomic E-state index is 0.0276. The summed E-state index contributed by atoms with van der Waals surface area (Å²) in [6.07, 6.45) is -0.159. The van der Waals surface area contributed by atoms with Crippen molar-refractivity contribution in [2.45, 2.75) is 68.1 Å². The number of anilines is 2. The van der Waals surface area contributed by atoms with Gasteiger partial charge in [-0.15, -0.1) is 0 Å². The van der Waals surface area contributed by atoms with Gasteiger partial charge in [-0.2, -0.15) is 0 Å². The van der Waals surface area contributed by atoms with Crippen LogP contribution in [0.15, 0.2) is 76.6 Å². The first-order valence-electron chi connectivity index (χ1n) is 16.5. The quantitative estimate of drug-likeness (QED) is 0.116. The predicted octanol–water partition coefficient (Wildman–Crippen LogP) is 6.67. The highest BCUT2D eigenvalue weighted by molar-refractivity contribution is 7.86. The van der Waals surface area contributed by atoms with Crippen molar-refractivity contribution in [3.63, 3.8) is 0 Å². The number of methoxy groups -OCH3 is 1. The molecule has 1 aliphatic carbocycles. The fourth-order valence-corrected chi connectivity index (χ4v) is 6.89. The van der Waals surface area contributed by atoms with Gasteiger partial charge in [0.05, 0.1) is 17.9 Å². The minimum Gasteiger partial charge on any atom is -0.496 e. The average molecular weight is 737 g/mol. The number of halogens is 1. The van der Waals surface area contributed by atoms with Crippen LogP contribution in [-0.2, 0) is 31.6 Å². The number of fused-ring (bicyclic) bond motifs is 1. The second-order valence-electron chi connectivity index (χ2n) is 13.4. The minimum atomic E-state index is -1.83. The average Bonchev–Trinajstić information content (AvgIpc) is 3.94. The van der Waals surface area contributed by atoms with Gasteiger partial charge in [-0.25, -0.2) is 18.8 Å². The lowest BCUT2D eigenvalue weighted by Gasteiger charge is -2.25. The van der Waals surface area contributed by atoms with Crippen LogP contribution in [0.1, 0.15) is 62.5 Å². The molecule has 0 aliphatic heterocycles. The molecule has 5 rings (SSSR count). The van der Waals surface area contributed by atoms with E-state index in [4.69, 9.17) is 14.2 Å². The van der Waals surface area contributed by atoms with E-state index in [2.05, 4.69) is 15.6 Å². The summed E-state index contributed by atoms with van der Waals surface area (Å²) >= 11 is 0. The van der Waals surface area contributed by atoms with Crippen LogP contribution in [0.4, 0.5) is 25.4 Å². The van der Waals surface area contributed by atoms with Gasteiger partial charge in [-0.05, 0) is 92.6 Å². The van der Waals surface area contributed by atoms with E-state index >= 15 is 4.39 Å². The van der Waals surface area contributed by atoms with Gasteiger partial charge in [-0.1, -0.05) is 18.2 Å². The largest absolute Gasteiger partial charge is 0.496 e. The number of aliphatic carboxylic acids is 1. The summed E-state index contributed by atoms with van der Waals surface area (Å²) < 4.78 is 44.6. The first kappa shape index (κ1) is 37.8. The maximum Gasteiger partial charge on any atom is 0.411 e. The van der Waals surface area contributed by atoms with Crippen molar-refractivity contribution in [1.29, 1.82) is 0 Å². The van der Waals surface area contributed by atoms with Crippen LogP contribution in [-0.4, -0.2) is 69.0 Å². The first-order chi connectivity index (χ1) is 24.6. The smallest absolute Gasteiger partial charge is 0.411 e. The number of nitrogens with one attached hydrogen (secondary N) is 3. The van der Waals surface area contributed by atoms with Crippen LogP contribution >= 0.6 is 0 Å². The molecule has 0 spiro atoms. The number of carboxylic acid groups (broad SMARTS) is 1. The molecule has 1 heterocycles. The number of aromatic nitrogens is 1. The standard InChI is InChI=1S/C37H41FN4O9S/c1-37(2,3)51-36(47)42(4)19-23-16-24(9-13-31(23)52(48)26-10-11-26)41-35(46)50-20-29(38)27-12-7-22(17-30(27)49-5)32(34(44)45)40-25-8-6-21-14-15-39-33(43)28(21)18-25/h6-9,12-18,26,29,32,40H,10-11,19-20H2,1-5H3,(H,39,43)(H,41,46)(H,44,45)/t29-,32?,52?/m0/s1. The van der Waals surface area contributed by atoms with Crippen LogP contribution in [0, 0.1) is 0 Å². The third kappa shape index (κ3) is 9.46. The number of carbonyl (C=O) groups is 3. The number of carbonyl (C=O) groups excluding carboxylic acids is 2. The van der Waals surface area contributed by atoms with Crippen LogP contribution in [0.25, 0.3) is 10.8 Å². The van der Waals surface area contributed by atoms with E-state index in [1.54, 1.807) is 70.3 Å². The molecule has 1 aromatic heterocycles. The zero-order valence-corrected chi connectivity index (χ0v) is 30.2. The summed E-state index contributed by atoms with van der Waals surface area (Å²) in [6.45, 7) is 4.63.